The summed E-state index contributed by atoms with van der Waals surface area (Å²) >= 11 is 0.990. The Morgan fingerprint density at radius 2 is 2.11 bits per heavy atom. The maximum Gasteiger partial charge on any atom is 0.324 e. The highest BCUT2D eigenvalue weighted by Crippen LogP contribution is 2.25. The fourth-order valence-electron chi connectivity index (χ4n) is 2.21. The Balaban J connectivity index is 2.21. The van der Waals surface area contributed by atoms with E-state index in [1.165, 1.54) is 6.07 Å². The van der Waals surface area contributed by atoms with Gasteiger partial charge in [0, 0.05) is 36.6 Å². The molecule has 98 valence electrons. The molecule has 2 unspecified atom stereocenters. The van der Waals surface area contributed by atoms with Gasteiger partial charge in [-0.2, -0.15) is 0 Å². The summed E-state index contributed by atoms with van der Waals surface area (Å²) in [4.78, 5) is 24.3. The second kappa shape index (κ2) is 5.03. The van der Waals surface area contributed by atoms with Crippen LogP contribution in [-0.2, 0) is 0 Å². The summed E-state index contributed by atoms with van der Waals surface area (Å²) in [5.74, 6) is -0.124. The largest absolute Gasteiger partial charge is 0.331 e. The van der Waals surface area contributed by atoms with Crippen LogP contribution in [0, 0.1) is 10.1 Å². The summed E-state index contributed by atoms with van der Waals surface area (Å²) < 4.78 is 0. The molecule has 1 aromatic rings. The van der Waals surface area contributed by atoms with Crippen molar-refractivity contribution in [3.8, 4) is 0 Å². The van der Waals surface area contributed by atoms with Crippen LogP contribution in [-0.4, -0.2) is 40.9 Å². The van der Waals surface area contributed by atoms with E-state index in [1.807, 2.05) is 13.8 Å². The molecule has 2 rings (SSSR count). The number of hydrogen-bond acceptors (Lipinski definition) is 5. The Kier molecular flexibility index (Phi) is 3.63. The first-order valence-electron chi connectivity index (χ1n) is 5.77. The van der Waals surface area contributed by atoms with Crippen LogP contribution in [0.1, 0.15) is 24.2 Å². The van der Waals surface area contributed by atoms with Gasteiger partial charge in [0.25, 0.3) is 5.91 Å². The molecule has 2 heterocycles. The van der Waals surface area contributed by atoms with Crippen molar-refractivity contribution in [2.24, 2.45) is 0 Å². The minimum absolute atomic E-state index is 0.00814. The van der Waals surface area contributed by atoms with Crippen LogP contribution in [0.2, 0.25) is 0 Å². The summed E-state index contributed by atoms with van der Waals surface area (Å²) in [7, 11) is 0. The number of nitrogens with zero attached hydrogens (tertiary/aromatic N) is 2. The fraction of sp³-hybridized carbons (Fsp3) is 0.545. The van der Waals surface area contributed by atoms with Crippen LogP contribution in [0.4, 0.5) is 5.00 Å². The summed E-state index contributed by atoms with van der Waals surface area (Å²) in [6, 6.07) is 1.55. The normalized spacial score (nSPS) is 24.0. The van der Waals surface area contributed by atoms with Crippen molar-refractivity contribution in [1.29, 1.82) is 0 Å². The molecular formula is C11H15N3O3S. The lowest BCUT2D eigenvalue weighted by molar-refractivity contribution is -0.380. The van der Waals surface area contributed by atoms with Gasteiger partial charge in [-0.05, 0) is 13.8 Å². The van der Waals surface area contributed by atoms with E-state index in [9.17, 15) is 14.9 Å². The molecule has 1 fully saturated rings. The van der Waals surface area contributed by atoms with E-state index >= 15 is 0 Å². The van der Waals surface area contributed by atoms with Crippen LogP contribution in [0.25, 0.3) is 0 Å². The number of piperazine rings is 1. The summed E-state index contributed by atoms with van der Waals surface area (Å²) in [5, 5.41) is 15.4. The van der Waals surface area contributed by atoms with E-state index in [4.69, 9.17) is 0 Å². The van der Waals surface area contributed by atoms with Gasteiger partial charge in [0.05, 0.1) is 10.5 Å². The lowest BCUT2D eigenvalue weighted by Crippen LogP contribution is -2.57. The Labute approximate surface area is 109 Å². The van der Waals surface area contributed by atoms with Gasteiger partial charge in [0.15, 0.2) is 0 Å². The average molecular weight is 269 g/mol. The zero-order chi connectivity index (χ0) is 13.3. The van der Waals surface area contributed by atoms with Gasteiger partial charge < -0.3 is 10.2 Å². The van der Waals surface area contributed by atoms with Gasteiger partial charge in [-0.25, -0.2) is 0 Å². The Morgan fingerprint density at radius 3 is 2.61 bits per heavy atom. The van der Waals surface area contributed by atoms with Gasteiger partial charge in [0.2, 0.25) is 0 Å². The first-order chi connectivity index (χ1) is 8.50. The first-order valence-corrected chi connectivity index (χ1v) is 6.65. The zero-order valence-corrected chi connectivity index (χ0v) is 11.1. The van der Waals surface area contributed by atoms with Crippen molar-refractivity contribution in [1.82, 2.24) is 10.2 Å². The molecule has 0 spiro atoms. The smallest absolute Gasteiger partial charge is 0.324 e. The predicted octanol–water partition coefficient (Wildman–Crippen LogP) is 1.48. The highest BCUT2D eigenvalue weighted by atomic mass is 32.1. The second-order valence-corrected chi connectivity index (χ2v) is 5.39. The fourth-order valence-corrected chi connectivity index (χ4v) is 2.91. The summed E-state index contributed by atoms with van der Waals surface area (Å²) in [5.41, 5.74) is 0.410. The number of hydrogen-bond donors (Lipinski definition) is 1. The topological polar surface area (TPSA) is 75.5 Å². The van der Waals surface area contributed by atoms with Gasteiger partial charge >= 0.3 is 5.00 Å². The standard InChI is InChI=1S/C11H15N3O3S/c1-7-4-12-5-8(2)13(7)11(15)9-3-10(14(16)17)18-6-9/h3,6-8,12H,4-5H2,1-2H3. The number of nitrogens with one attached hydrogen (secondary N) is 1. The molecule has 7 heteroatoms. The Hall–Kier alpha value is -1.47. The van der Waals surface area contributed by atoms with E-state index in [-0.39, 0.29) is 23.0 Å². The molecule has 1 aliphatic rings. The lowest BCUT2D eigenvalue weighted by atomic mass is 10.1. The third kappa shape index (κ3) is 2.37. The number of rotatable bonds is 2. The van der Waals surface area contributed by atoms with E-state index in [0.717, 1.165) is 24.4 Å². The average Bonchev–Trinajstić information content (AvgIpc) is 2.77. The van der Waals surface area contributed by atoms with E-state index < -0.39 is 4.92 Å². The SMILES string of the molecule is CC1CNCC(C)N1C(=O)c1csc([N+](=O)[O-])c1. The van der Waals surface area contributed by atoms with E-state index in [0.29, 0.717) is 5.56 Å². The molecule has 0 bridgehead atoms. The van der Waals surface area contributed by atoms with Gasteiger partial charge in [0.1, 0.15) is 0 Å². The van der Waals surface area contributed by atoms with Crippen molar-refractivity contribution in [2.75, 3.05) is 13.1 Å². The molecule has 1 amide bonds. The number of nitro groups is 1. The second-order valence-electron chi connectivity index (χ2n) is 4.50. The lowest BCUT2D eigenvalue weighted by Gasteiger charge is -2.39. The van der Waals surface area contributed by atoms with Crippen LogP contribution >= 0.6 is 11.3 Å². The molecule has 6 nitrogen and oxygen atoms in total. The number of amides is 1. The third-order valence-corrected chi connectivity index (χ3v) is 3.96. The van der Waals surface area contributed by atoms with E-state index in [2.05, 4.69) is 5.32 Å². The molecule has 2 atom stereocenters. The highest BCUT2D eigenvalue weighted by Gasteiger charge is 2.30. The summed E-state index contributed by atoms with van der Waals surface area (Å²) in [6.45, 7) is 5.45. The quantitative estimate of drug-likeness (QED) is 0.651. The van der Waals surface area contributed by atoms with Crippen LogP contribution in [0.15, 0.2) is 11.4 Å². The van der Waals surface area contributed by atoms with Crippen LogP contribution in [0.5, 0.6) is 0 Å². The Morgan fingerprint density at radius 1 is 1.50 bits per heavy atom. The Bertz CT molecular complexity index is 464. The molecule has 0 aliphatic carbocycles. The highest BCUT2D eigenvalue weighted by molar-refractivity contribution is 7.13. The third-order valence-electron chi connectivity index (χ3n) is 3.08. The van der Waals surface area contributed by atoms with Gasteiger partial charge in [-0.1, -0.05) is 11.3 Å². The number of thiophene rings is 1. The van der Waals surface area contributed by atoms with Crippen LogP contribution in [0.3, 0.4) is 0 Å². The van der Waals surface area contributed by atoms with Crippen LogP contribution < -0.4 is 5.32 Å². The van der Waals surface area contributed by atoms with Crippen molar-refractivity contribution in [3.63, 3.8) is 0 Å². The minimum Gasteiger partial charge on any atom is -0.331 e. The summed E-state index contributed by atoms with van der Waals surface area (Å²) in [6.07, 6.45) is 0. The monoisotopic (exact) mass is 269 g/mol. The maximum atomic E-state index is 12.3. The molecule has 18 heavy (non-hydrogen) atoms. The van der Waals surface area contributed by atoms with Crippen molar-refractivity contribution < 1.29 is 9.72 Å². The van der Waals surface area contributed by atoms with Gasteiger partial charge in [-0.3, -0.25) is 14.9 Å². The molecular weight excluding hydrogens is 254 g/mol. The maximum absolute atomic E-state index is 12.3. The van der Waals surface area contributed by atoms with Crippen molar-refractivity contribution in [2.45, 2.75) is 25.9 Å². The zero-order valence-electron chi connectivity index (χ0n) is 10.3. The van der Waals surface area contributed by atoms with Crippen molar-refractivity contribution >= 4 is 22.2 Å². The predicted molar refractivity (Wildman–Crippen MR) is 68.9 cm³/mol. The first kappa shape index (κ1) is 13.0. The molecule has 1 saturated heterocycles. The minimum atomic E-state index is -0.466. The van der Waals surface area contributed by atoms with E-state index in [1.54, 1.807) is 10.3 Å². The van der Waals surface area contributed by atoms with Gasteiger partial charge in [-0.15, -0.1) is 0 Å². The molecule has 1 N–H and O–H groups in total. The molecule has 1 aromatic heterocycles. The molecule has 0 aromatic carbocycles. The number of carbonyl (C=O) groups excluding carboxylic acids is 1. The number of carbonyl (C=O) groups is 1. The molecule has 0 saturated carbocycles. The molecule has 1 aliphatic heterocycles. The molecule has 0 radical (unpaired) electrons. The van der Waals surface area contributed by atoms with Crippen molar-refractivity contribution in [3.05, 3.63) is 27.1 Å².